The van der Waals surface area contributed by atoms with Crippen molar-refractivity contribution >= 4 is 0 Å². The Kier molecular flexibility index (Phi) is 8.46. The van der Waals surface area contributed by atoms with E-state index in [4.69, 9.17) is 5.11 Å². The van der Waals surface area contributed by atoms with Crippen LogP contribution in [0.1, 0.15) is 46.5 Å². The van der Waals surface area contributed by atoms with Crippen LogP contribution in [0, 0.1) is 5.92 Å². The van der Waals surface area contributed by atoms with Gasteiger partial charge >= 0.3 is 0 Å². The predicted molar refractivity (Wildman–Crippen MR) is 57.9 cm³/mol. The molecule has 0 aliphatic carbocycles. The molecule has 0 rings (SSSR count). The molecule has 0 spiro atoms. The molecule has 2 N–H and O–H groups in total. The molecule has 1 unspecified atom stereocenters. The maximum absolute atomic E-state index is 8.77. The summed E-state index contributed by atoms with van der Waals surface area (Å²) in [4.78, 5) is 0. The first-order valence-electron chi connectivity index (χ1n) is 5.55. The molecule has 0 aliphatic heterocycles. The molecule has 1 atom stereocenters. The van der Waals surface area contributed by atoms with E-state index in [-0.39, 0.29) is 0 Å². The van der Waals surface area contributed by atoms with Crippen molar-refractivity contribution in [1.82, 2.24) is 5.32 Å². The maximum atomic E-state index is 8.77. The van der Waals surface area contributed by atoms with E-state index in [0.717, 1.165) is 25.3 Å². The van der Waals surface area contributed by atoms with Gasteiger partial charge in [0.1, 0.15) is 0 Å². The Hall–Kier alpha value is -0.0800. The lowest BCUT2D eigenvalue weighted by molar-refractivity contribution is 0.262. The van der Waals surface area contributed by atoms with Crippen molar-refractivity contribution in [3.8, 4) is 0 Å². The van der Waals surface area contributed by atoms with Crippen molar-refractivity contribution in [2.75, 3.05) is 13.2 Å². The summed E-state index contributed by atoms with van der Waals surface area (Å²) < 4.78 is 0. The Labute approximate surface area is 82.7 Å². The summed E-state index contributed by atoms with van der Waals surface area (Å²) in [5.41, 5.74) is 0. The second kappa shape index (κ2) is 8.52. The summed E-state index contributed by atoms with van der Waals surface area (Å²) in [6, 6.07) is 0.511. The molecule has 2 nitrogen and oxygen atoms in total. The number of nitrogens with one attached hydrogen (secondary N) is 1. The lowest BCUT2D eigenvalue weighted by Gasteiger charge is -2.15. The summed E-state index contributed by atoms with van der Waals surface area (Å²) >= 11 is 0. The van der Waals surface area contributed by atoms with Crippen molar-refractivity contribution in [3.05, 3.63) is 0 Å². The third-order valence-electron chi connectivity index (χ3n) is 2.36. The molecule has 13 heavy (non-hydrogen) atoms. The predicted octanol–water partition coefficient (Wildman–Crippen LogP) is 2.17. The van der Waals surface area contributed by atoms with E-state index in [9.17, 15) is 0 Å². The van der Waals surface area contributed by atoms with Crippen LogP contribution in [-0.2, 0) is 0 Å². The summed E-state index contributed by atoms with van der Waals surface area (Å²) in [6.07, 6.45) is 4.54. The van der Waals surface area contributed by atoms with E-state index in [2.05, 4.69) is 26.1 Å². The van der Waals surface area contributed by atoms with Gasteiger partial charge in [0.05, 0.1) is 0 Å². The van der Waals surface area contributed by atoms with Crippen molar-refractivity contribution in [2.24, 2.45) is 5.92 Å². The summed E-state index contributed by atoms with van der Waals surface area (Å²) in [5, 5.41) is 12.2. The SMILES string of the molecule is CCC(CCO)NCCCC(C)C. The van der Waals surface area contributed by atoms with Gasteiger partial charge in [-0.3, -0.25) is 0 Å². The zero-order valence-corrected chi connectivity index (χ0v) is 9.34. The fourth-order valence-corrected chi connectivity index (χ4v) is 1.42. The number of rotatable bonds is 8. The minimum Gasteiger partial charge on any atom is -0.396 e. The smallest absolute Gasteiger partial charge is 0.0445 e. The summed E-state index contributed by atoms with van der Waals surface area (Å²) in [6.45, 7) is 8.07. The van der Waals surface area contributed by atoms with E-state index < -0.39 is 0 Å². The van der Waals surface area contributed by atoms with Crippen LogP contribution in [0.5, 0.6) is 0 Å². The highest BCUT2D eigenvalue weighted by atomic mass is 16.3. The van der Waals surface area contributed by atoms with Crippen LogP contribution < -0.4 is 5.32 Å². The molecule has 0 fully saturated rings. The molecule has 0 amide bonds. The zero-order valence-electron chi connectivity index (χ0n) is 9.34. The lowest BCUT2D eigenvalue weighted by atomic mass is 10.1. The van der Waals surface area contributed by atoms with Crippen molar-refractivity contribution in [3.63, 3.8) is 0 Å². The fourth-order valence-electron chi connectivity index (χ4n) is 1.42. The number of hydrogen-bond donors (Lipinski definition) is 2. The number of aliphatic hydroxyl groups excluding tert-OH is 1. The van der Waals surface area contributed by atoms with Crippen molar-refractivity contribution in [2.45, 2.75) is 52.5 Å². The topological polar surface area (TPSA) is 32.3 Å². The number of aliphatic hydroxyl groups is 1. The van der Waals surface area contributed by atoms with Crippen LogP contribution in [0.3, 0.4) is 0 Å². The Balaban J connectivity index is 3.27. The molecule has 80 valence electrons. The Bertz CT molecular complexity index is 104. The minimum atomic E-state index is 0.301. The van der Waals surface area contributed by atoms with Gasteiger partial charge in [0.25, 0.3) is 0 Å². The average Bonchev–Trinajstić information content (AvgIpc) is 2.10. The first kappa shape index (κ1) is 12.9. The quantitative estimate of drug-likeness (QED) is 0.571. The van der Waals surface area contributed by atoms with Crippen LogP contribution >= 0.6 is 0 Å². The largest absolute Gasteiger partial charge is 0.396 e. The average molecular weight is 187 g/mol. The van der Waals surface area contributed by atoms with Crippen molar-refractivity contribution in [1.29, 1.82) is 0 Å². The molecule has 0 aliphatic rings. The van der Waals surface area contributed by atoms with E-state index in [0.29, 0.717) is 12.6 Å². The van der Waals surface area contributed by atoms with E-state index >= 15 is 0 Å². The van der Waals surface area contributed by atoms with Crippen LogP contribution in [0.25, 0.3) is 0 Å². The van der Waals surface area contributed by atoms with Crippen LogP contribution in [0.15, 0.2) is 0 Å². The Morgan fingerprint density at radius 3 is 2.38 bits per heavy atom. The lowest BCUT2D eigenvalue weighted by Crippen LogP contribution is -2.30. The first-order valence-corrected chi connectivity index (χ1v) is 5.55. The standard InChI is InChI=1S/C11H25NO/c1-4-11(7-9-13)12-8-5-6-10(2)3/h10-13H,4-9H2,1-3H3. The van der Waals surface area contributed by atoms with Gasteiger partial charge in [-0.1, -0.05) is 20.8 Å². The van der Waals surface area contributed by atoms with Gasteiger partial charge in [-0.15, -0.1) is 0 Å². The Morgan fingerprint density at radius 2 is 1.92 bits per heavy atom. The van der Waals surface area contributed by atoms with Gasteiger partial charge in [0, 0.05) is 12.6 Å². The van der Waals surface area contributed by atoms with Crippen molar-refractivity contribution < 1.29 is 5.11 Å². The summed E-state index contributed by atoms with van der Waals surface area (Å²) in [5.74, 6) is 0.805. The molecule has 0 aromatic heterocycles. The second-order valence-electron chi connectivity index (χ2n) is 4.11. The normalized spacial score (nSPS) is 13.6. The molecule has 2 heteroatoms. The molecule has 0 saturated carbocycles. The van der Waals surface area contributed by atoms with Gasteiger partial charge in [0.2, 0.25) is 0 Å². The van der Waals surface area contributed by atoms with E-state index in [1.165, 1.54) is 12.8 Å². The third kappa shape index (κ3) is 8.26. The van der Waals surface area contributed by atoms with Crippen LogP contribution in [-0.4, -0.2) is 24.3 Å². The van der Waals surface area contributed by atoms with Gasteiger partial charge in [-0.05, 0) is 38.1 Å². The highest BCUT2D eigenvalue weighted by Crippen LogP contribution is 2.03. The molecule has 0 aromatic rings. The highest BCUT2D eigenvalue weighted by molar-refractivity contribution is 4.64. The fraction of sp³-hybridized carbons (Fsp3) is 1.00. The highest BCUT2D eigenvalue weighted by Gasteiger charge is 2.03. The van der Waals surface area contributed by atoms with Gasteiger partial charge in [-0.2, -0.15) is 0 Å². The molecular weight excluding hydrogens is 162 g/mol. The molecule has 0 radical (unpaired) electrons. The monoisotopic (exact) mass is 187 g/mol. The first-order chi connectivity index (χ1) is 6.20. The van der Waals surface area contributed by atoms with Crippen LogP contribution in [0.2, 0.25) is 0 Å². The second-order valence-corrected chi connectivity index (χ2v) is 4.11. The van der Waals surface area contributed by atoms with Crippen LogP contribution in [0.4, 0.5) is 0 Å². The van der Waals surface area contributed by atoms with Gasteiger partial charge < -0.3 is 10.4 Å². The minimum absolute atomic E-state index is 0.301. The molecule has 0 heterocycles. The zero-order chi connectivity index (χ0) is 10.1. The van der Waals surface area contributed by atoms with E-state index in [1.54, 1.807) is 0 Å². The number of hydrogen-bond acceptors (Lipinski definition) is 2. The third-order valence-corrected chi connectivity index (χ3v) is 2.36. The van der Waals surface area contributed by atoms with Gasteiger partial charge in [0.15, 0.2) is 0 Å². The van der Waals surface area contributed by atoms with Gasteiger partial charge in [-0.25, -0.2) is 0 Å². The molecule has 0 bridgehead atoms. The Morgan fingerprint density at radius 1 is 1.23 bits per heavy atom. The maximum Gasteiger partial charge on any atom is 0.0445 e. The van der Waals surface area contributed by atoms with E-state index in [1.807, 2.05) is 0 Å². The molecule has 0 aromatic carbocycles. The summed E-state index contributed by atoms with van der Waals surface area (Å²) in [7, 11) is 0. The molecular formula is C11H25NO. The molecule has 0 saturated heterocycles.